The highest BCUT2D eigenvalue weighted by Gasteiger charge is 2.14. The van der Waals surface area contributed by atoms with Gasteiger partial charge in [0, 0.05) is 22.7 Å². The molecule has 1 amide bonds. The predicted octanol–water partition coefficient (Wildman–Crippen LogP) is 4.53. The summed E-state index contributed by atoms with van der Waals surface area (Å²) in [6.07, 6.45) is 0. The monoisotopic (exact) mass is 336 g/mol. The largest absolute Gasteiger partial charge is 0.324 e. The molecule has 3 nitrogen and oxygen atoms in total. The summed E-state index contributed by atoms with van der Waals surface area (Å²) < 4.78 is 0. The van der Waals surface area contributed by atoms with Gasteiger partial charge in [-0.05, 0) is 30.0 Å². The van der Waals surface area contributed by atoms with Crippen molar-refractivity contribution in [2.24, 2.45) is 0 Å². The minimum absolute atomic E-state index is 0.0325. The summed E-state index contributed by atoms with van der Waals surface area (Å²) in [7, 11) is 0. The van der Waals surface area contributed by atoms with E-state index in [0.717, 1.165) is 16.8 Å². The van der Waals surface area contributed by atoms with Crippen molar-refractivity contribution >= 4 is 22.9 Å². The van der Waals surface area contributed by atoms with E-state index in [2.05, 4.69) is 16.7 Å². The average molecular weight is 336 g/mol. The summed E-state index contributed by atoms with van der Waals surface area (Å²) in [5.74, 6) is -0.0325. The fourth-order valence-electron chi connectivity index (χ4n) is 2.46. The molecule has 0 aliphatic rings. The van der Waals surface area contributed by atoms with Crippen LogP contribution in [0.3, 0.4) is 0 Å². The Morgan fingerprint density at radius 2 is 1.75 bits per heavy atom. The van der Waals surface area contributed by atoms with Gasteiger partial charge in [0.2, 0.25) is 5.91 Å². The molecule has 0 aliphatic carbocycles. The number of amides is 1. The van der Waals surface area contributed by atoms with E-state index in [1.54, 1.807) is 11.3 Å². The molecular weight excluding hydrogens is 316 g/mol. The Kier molecular flexibility index (Phi) is 5.41. The second kappa shape index (κ2) is 7.90. The number of benzene rings is 2. The Hall–Kier alpha value is -2.43. The van der Waals surface area contributed by atoms with Gasteiger partial charge in [-0.25, -0.2) is 0 Å². The first kappa shape index (κ1) is 16.4. The van der Waals surface area contributed by atoms with Crippen LogP contribution in [0.25, 0.3) is 11.1 Å². The lowest BCUT2D eigenvalue weighted by molar-refractivity contribution is -0.117. The van der Waals surface area contributed by atoms with Crippen molar-refractivity contribution in [3.05, 3.63) is 77.0 Å². The summed E-state index contributed by atoms with van der Waals surface area (Å²) in [6.45, 7) is 2.58. The first-order valence-electron chi connectivity index (χ1n) is 7.95. The zero-order valence-corrected chi connectivity index (χ0v) is 14.3. The Bertz CT molecular complexity index is 784. The van der Waals surface area contributed by atoms with Crippen LogP contribution in [0.2, 0.25) is 0 Å². The zero-order chi connectivity index (χ0) is 16.8. The maximum absolute atomic E-state index is 12.5. The van der Waals surface area contributed by atoms with Gasteiger partial charge >= 0.3 is 0 Å². The maximum atomic E-state index is 12.5. The van der Waals surface area contributed by atoms with Gasteiger partial charge in [0.15, 0.2) is 0 Å². The minimum atomic E-state index is -0.268. The lowest BCUT2D eigenvalue weighted by Crippen LogP contribution is -2.37. The number of nitrogens with one attached hydrogen (secondary N) is 2. The Morgan fingerprint density at radius 1 is 1.00 bits per heavy atom. The third-order valence-corrected chi connectivity index (χ3v) is 4.70. The highest BCUT2D eigenvalue weighted by atomic mass is 32.1. The minimum Gasteiger partial charge on any atom is -0.324 e. The molecule has 4 heteroatoms. The molecule has 2 N–H and O–H groups in total. The number of carbonyl (C=O) groups excluding carboxylic acids is 1. The van der Waals surface area contributed by atoms with E-state index in [1.807, 2.05) is 73.0 Å². The van der Waals surface area contributed by atoms with Crippen molar-refractivity contribution in [2.45, 2.75) is 19.5 Å². The molecule has 122 valence electrons. The molecule has 1 unspecified atom stereocenters. The number of hydrogen-bond acceptors (Lipinski definition) is 3. The first-order chi connectivity index (χ1) is 11.7. The summed E-state index contributed by atoms with van der Waals surface area (Å²) in [5.41, 5.74) is 2.95. The van der Waals surface area contributed by atoms with Crippen LogP contribution in [-0.2, 0) is 11.3 Å². The molecule has 3 aromatic rings. The predicted molar refractivity (Wildman–Crippen MR) is 101 cm³/mol. The molecule has 2 aromatic carbocycles. The molecule has 24 heavy (non-hydrogen) atoms. The van der Waals surface area contributed by atoms with Crippen molar-refractivity contribution in [2.75, 3.05) is 5.32 Å². The van der Waals surface area contributed by atoms with Crippen LogP contribution in [-0.4, -0.2) is 11.9 Å². The molecule has 0 bridgehead atoms. The normalized spacial score (nSPS) is 11.9. The molecule has 1 heterocycles. The van der Waals surface area contributed by atoms with Gasteiger partial charge < -0.3 is 10.6 Å². The summed E-state index contributed by atoms with van der Waals surface area (Å²) in [5, 5.41) is 8.34. The highest BCUT2D eigenvalue weighted by Crippen LogP contribution is 2.27. The number of anilines is 1. The van der Waals surface area contributed by atoms with E-state index in [4.69, 9.17) is 0 Å². The number of para-hydroxylation sites is 1. The molecule has 1 aromatic heterocycles. The lowest BCUT2D eigenvalue weighted by atomic mass is 10.0. The van der Waals surface area contributed by atoms with E-state index in [9.17, 15) is 4.79 Å². The van der Waals surface area contributed by atoms with Gasteiger partial charge in [0.1, 0.15) is 0 Å². The van der Waals surface area contributed by atoms with E-state index in [1.165, 1.54) is 4.88 Å². The molecule has 3 rings (SSSR count). The number of hydrogen-bond donors (Lipinski definition) is 2. The smallest absolute Gasteiger partial charge is 0.241 e. The van der Waals surface area contributed by atoms with Gasteiger partial charge in [-0.3, -0.25) is 4.79 Å². The van der Waals surface area contributed by atoms with Gasteiger partial charge in [0.25, 0.3) is 0 Å². The van der Waals surface area contributed by atoms with E-state index < -0.39 is 0 Å². The van der Waals surface area contributed by atoms with E-state index in [0.29, 0.717) is 6.54 Å². The fraction of sp³-hybridized carbons (Fsp3) is 0.150. The number of carbonyl (C=O) groups is 1. The van der Waals surface area contributed by atoms with Crippen molar-refractivity contribution in [1.29, 1.82) is 0 Å². The third-order valence-electron chi connectivity index (χ3n) is 3.83. The molecule has 0 fully saturated rings. The summed E-state index contributed by atoms with van der Waals surface area (Å²) >= 11 is 1.69. The average Bonchev–Trinajstić information content (AvgIpc) is 3.14. The van der Waals surface area contributed by atoms with Gasteiger partial charge in [-0.1, -0.05) is 54.6 Å². The quantitative estimate of drug-likeness (QED) is 0.694. The Labute approximate surface area is 146 Å². The zero-order valence-electron chi connectivity index (χ0n) is 13.5. The van der Waals surface area contributed by atoms with Crippen LogP contribution in [0.15, 0.2) is 72.1 Å². The molecule has 0 spiro atoms. The van der Waals surface area contributed by atoms with Gasteiger partial charge in [-0.2, -0.15) is 0 Å². The Balaban J connectivity index is 1.68. The molecule has 1 atom stereocenters. The van der Waals surface area contributed by atoms with Crippen LogP contribution in [0.5, 0.6) is 0 Å². The molecule has 0 saturated carbocycles. The Morgan fingerprint density at radius 3 is 2.50 bits per heavy atom. The molecule has 0 saturated heterocycles. The van der Waals surface area contributed by atoms with Crippen molar-refractivity contribution in [3.8, 4) is 11.1 Å². The highest BCUT2D eigenvalue weighted by molar-refractivity contribution is 7.09. The van der Waals surface area contributed by atoms with Gasteiger partial charge in [0.05, 0.1) is 6.04 Å². The van der Waals surface area contributed by atoms with Crippen molar-refractivity contribution in [1.82, 2.24) is 5.32 Å². The van der Waals surface area contributed by atoms with Crippen LogP contribution >= 0.6 is 11.3 Å². The van der Waals surface area contributed by atoms with Gasteiger partial charge in [-0.15, -0.1) is 11.3 Å². The molecular formula is C20H20N2OS. The second-order valence-corrected chi connectivity index (χ2v) is 6.62. The topological polar surface area (TPSA) is 41.1 Å². The summed E-state index contributed by atoms with van der Waals surface area (Å²) in [4.78, 5) is 13.7. The van der Waals surface area contributed by atoms with E-state index >= 15 is 0 Å². The fourth-order valence-corrected chi connectivity index (χ4v) is 3.12. The maximum Gasteiger partial charge on any atom is 0.241 e. The van der Waals surface area contributed by atoms with Crippen molar-refractivity contribution in [3.63, 3.8) is 0 Å². The standard InChI is InChI=1S/C20H20N2OS/c1-15(21-14-17-10-7-13-24-17)20(23)22-19-12-6-5-11-18(19)16-8-3-2-4-9-16/h2-13,15,21H,14H2,1H3,(H,22,23). The third kappa shape index (κ3) is 4.10. The lowest BCUT2D eigenvalue weighted by Gasteiger charge is -2.16. The molecule has 0 radical (unpaired) electrons. The summed E-state index contributed by atoms with van der Waals surface area (Å²) in [6, 6.07) is 21.8. The van der Waals surface area contributed by atoms with Crippen LogP contribution in [0.1, 0.15) is 11.8 Å². The first-order valence-corrected chi connectivity index (χ1v) is 8.83. The number of rotatable bonds is 6. The van der Waals surface area contributed by atoms with Crippen molar-refractivity contribution < 1.29 is 4.79 Å². The number of thiophene rings is 1. The van der Waals surface area contributed by atoms with Crippen LogP contribution in [0, 0.1) is 0 Å². The SMILES string of the molecule is CC(NCc1cccs1)C(=O)Nc1ccccc1-c1ccccc1. The van der Waals surface area contributed by atoms with E-state index in [-0.39, 0.29) is 11.9 Å². The molecule has 0 aliphatic heterocycles. The second-order valence-electron chi connectivity index (χ2n) is 5.58. The van der Waals surface area contributed by atoms with Crippen LogP contribution in [0.4, 0.5) is 5.69 Å². The van der Waals surface area contributed by atoms with Crippen LogP contribution < -0.4 is 10.6 Å².